The van der Waals surface area contributed by atoms with Crippen LogP contribution < -0.4 is 0 Å². The summed E-state index contributed by atoms with van der Waals surface area (Å²) >= 11 is 3.77. The van der Waals surface area contributed by atoms with E-state index in [2.05, 4.69) is 47.6 Å². The number of nitrogens with one attached hydrogen (secondary N) is 2. The molecule has 5 rings (SSSR count). The maximum absolute atomic E-state index is 13.0. The predicted molar refractivity (Wildman–Crippen MR) is 143 cm³/mol. The number of nitrogens with zero attached hydrogens (tertiary/aromatic N) is 4. The van der Waals surface area contributed by atoms with Crippen molar-refractivity contribution in [2.24, 2.45) is 5.41 Å². The van der Waals surface area contributed by atoms with Gasteiger partial charge in [-0.25, -0.2) is 0 Å². The lowest BCUT2D eigenvalue weighted by Gasteiger charge is -2.32. The third-order valence-electron chi connectivity index (χ3n) is 7.27. The number of hydrogen-bond acceptors (Lipinski definition) is 5. The molecule has 10 heteroatoms. The first-order valence-electron chi connectivity index (χ1n) is 12.6. The molecular weight excluding hydrogens is 536 g/mol. The molecule has 9 nitrogen and oxygen atoms in total. The molecule has 192 valence electrons. The van der Waals surface area contributed by atoms with Crippen molar-refractivity contribution in [3.8, 4) is 22.6 Å². The fourth-order valence-corrected chi connectivity index (χ4v) is 5.91. The summed E-state index contributed by atoms with van der Waals surface area (Å²) in [6, 6.07) is 14.0. The summed E-state index contributed by atoms with van der Waals surface area (Å²) in [4.78, 5) is 30.4. The number of amides is 1. The number of hydrogen-bond donors (Lipinski definition) is 3. The maximum atomic E-state index is 13.0. The number of fused-ring (bicyclic) bond motifs is 1. The van der Waals surface area contributed by atoms with Crippen molar-refractivity contribution < 1.29 is 14.7 Å². The molecule has 37 heavy (non-hydrogen) atoms. The summed E-state index contributed by atoms with van der Waals surface area (Å²) in [5, 5.41) is 25.1. The predicted octanol–water partition coefficient (Wildman–Crippen LogP) is 5.55. The molecule has 3 N–H and O–H groups in total. The summed E-state index contributed by atoms with van der Waals surface area (Å²) in [5.74, 6) is -0.250. The summed E-state index contributed by atoms with van der Waals surface area (Å²) in [5.41, 5.74) is 3.91. The molecule has 0 radical (unpaired) electrons. The number of H-pyrrole nitrogens is 2. The Balaban J connectivity index is 1.42. The number of rotatable bonds is 9. The second-order valence-corrected chi connectivity index (χ2v) is 10.6. The van der Waals surface area contributed by atoms with Gasteiger partial charge in [-0.15, -0.1) is 10.2 Å². The lowest BCUT2D eigenvalue weighted by Crippen LogP contribution is -2.43. The standard InChI is InChI=1S/C27H29BrN6O3/c1-2-5-22(35)34(16-27(26(36)37)12-3-4-13-27)15-17-6-11-21-20(14-17)23(28)24(29-21)18-7-9-19(10-8-18)25-30-32-33-31-25/h6-11,14,29H,2-5,12-13,15-16H2,1H3,(H,36,37)(H,30,31,32,33). The molecule has 1 aliphatic rings. The fourth-order valence-electron chi connectivity index (χ4n) is 5.25. The second kappa shape index (κ2) is 10.5. The van der Waals surface area contributed by atoms with Gasteiger partial charge < -0.3 is 15.0 Å². The summed E-state index contributed by atoms with van der Waals surface area (Å²) in [6.45, 7) is 2.61. The summed E-state index contributed by atoms with van der Waals surface area (Å²) < 4.78 is 0.931. The molecule has 2 aromatic heterocycles. The average Bonchev–Trinajstić information content (AvgIpc) is 3.66. The highest BCUT2D eigenvalue weighted by Crippen LogP contribution is 2.40. The Bertz CT molecular complexity index is 1410. The van der Waals surface area contributed by atoms with Crippen LogP contribution in [0.15, 0.2) is 46.9 Å². The highest BCUT2D eigenvalue weighted by molar-refractivity contribution is 9.10. The highest BCUT2D eigenvalue weighted by atomic mass is 79.9. The van der Waals surface area contributed by atoms with E-state index < -0.39 is 11.4 Å². The molecule has 1 fully saturated rings. The number of tetrazole rings is 1. The summed E-state index contributed by atoms with van der Waals surface area (Å²) in [6.07, 6.45) is 4.17. The van der Waals surface area contributed by atoms with Crippen LogP contribution in [0.25, 0.3) is 33.5 Å². The Morgan fingerprint density at radius 2 is 1.84 bits per heavy atom. The van der Waals surface area contributed by atoms with E-state index in [1.165, 1.54) is 0 Å². The molecule has 1 amide bonds. The number of benzene rings is 2. The molecule has 0 bridgehead atoms. The molecule has 0 spiro atoms. The number of aromatic amines is 2. The molecule has 4 aromatic rings. The van der Waals surface area contributed by atoms with Gasteiger partial charge in [-0.05, 0) is 63.7 Å². The van der Waals surface area contributed by atoms with Gasteiger partial charge in [-0.3, -0.25) is 9.59 Å². The Kier molecular flexibility index (Phi) is 7.10. The van der Waals surface area contributed by atoms with E-state index in [9.17, 15) is 14.7 Å². The number of carbonyl (C=O) groups excluding carboxylic acids is 1. The third-order valence-corrected chi connectivity index (χ3v) is 8.10. The zero-order chi connectivity index (χ0) is 26.0. The van der Waals surface area contributed by atoms with Crippen LogP contribution in [0.1, 0.15) is 51.0 Å². The second-order valence-electron chi connectivity index (χ2n) is 9.80. The van der Waals surface area contributed by atoms with Crippen LogP contribution >= 0.6 is 15.9 Å². The monoisotopic (exact) mass is 564 g/mol. The first kappa shape index (κ1) is 25.1. The van der Waals surface area contributed by atoms with E-state index in [1.54, 1.807) is 4.90 Å². The number of carboxylic acids is 1. The van der Waals surface area contributed by atoms with Crippen LogP contribution in [0.5, 0.6) is 0 Å². The van der Waals surface area contributed by atoms with Gasteiger partial charge in [-0.1, -0.05) is 50.1 Å². The van der Waals surface area contributed by atoms with Gasteiger partial charge in [0.2, 0.25) is 11.7 Å². The lowest BCUT2D eigenvalue weighted by molar-refractivity contribution is -0.151. The van der Waals surface area contributed by atoms with E-state index in [0.717, 1.165) is 57.0 Å². The molecule has 2 aromatic carbocycles. The van der Waals surface area contributed by atoms with Gasteiger partial charge >= 0.3 is 5.97 Å². The zero-order valence-electron chi connectivity index (χ0n) is 20.6. The van der Waals surface area contributed by atoms with E-state index in [4.69, 9.17) is 0 Å². The molecule has 2 heterocycles. The smallest absolute Gasteiger partial charge is 0.311 e. The van der Waals surface area contributed by atoms with Crippen LogP contribution in [-0.2, 0) is 16.1 Å². The van der Waals surface area contributed by atoms with E-state index in [1.807, 2.05) is 43.3 Å². The van der Waals surface area contributed by atoms with Gasteiger partial charge in [0.15, 0.2) is 0 Å². The third kappa shape index (κ3) is 5.02. The summed E-state index contributed by atoms with van der Waals surface area (Å²) in [7, 11) is 0. The van der Waals surface area contributed by atoms with Crippen molar-refractivity contribution in [1.29, 1.82) is 0 Å². The SMILES string of the molecule is CCCC(=O)N(Cc1ccc2[nH]c(-c3ccc(-c4nn[nH]n4)cc3)c(Br)c2c1)CC1(C(=O)O)CCCC1. The number of carbonyl (C=O) groups is 2. The molecule has 0 atom stereocenters. The van der Waals surface area contributed by atoms with Crippen molar-refractivity contribution in [3.63, 3.8) is 0 Å². The topological polar surface area (TPSA) is 128 Å². The largest absolute Gasteiger partial charge is 0.481 e. The quantitative estimate of drug-likeness (QED) is 0.244. The fraction of sp³-hybridized carbons (Fsp3) is 0.370. The number of carboxylic acid groups (broad SMARTS) is 1. The number of aromatic nitrogens is 5. The maximum Gasteiger partial charge on any atom is 0.311 e. The highest BCUT2D eigenvalue weighted by Gasteiger charge is 2.43. The number of halogens is 1. The molecule has 0 saturated heterocycles. The van der Waals surface area contributed by atoms with Crippen molar-refractivity contribution >= 4 is 38.7 Å². The number of aliphatic carboxylic acids is 1. The Morgan fingerprint density at radius 1 is 1.11 bits per heavy atom. The van der Waals surface area contributed by atoms with Crippen molar-refractivity contribution in [2.75, 3.05) is 6.54 Å². The van der Waals surface area contributed by atoms with Gasteiger partial charge in [0, 0.05) is 36.0 Å². The molecule has 1 saturated carbocycles. The van der Waals surface area contributed by atoms with Crippen molar-refractivity contribution in [3.05, 3.63) is 52.5 Å². The lowest BCUT2D eigenvalue weighted by atomic mass is 9.85. The molecule has 0 aliphatic heterocycles. The van der Waals surface area contributed by atoms with Gasteiger partial charge in [0.1, 0.15) is 0 Å². The van der Waals surface area contributed by atoms with Crippen molar-refractivity contribution in [1.82, 2.24) is 30.5 Å². The van der Waals surface area contributed by atoms with Crippen LogP contribution in [-0.4, -0.2) is 54.0 Å². The van der Waals surface area contributed by atoms with Gasteiger partial charge in [-0.2, -0.15) is 5.21 Å². The van der Waals surface area contributed by atoms with E-state index >= 15 is 0 Å². The first-order valence-corrected chi connectivity index (χ1v) is 13.3. The minimum Gasteiger partial charge on any atom is -0.481 e. The molecule has 0 unspecified atom stereocenters. The van der Waals surface area contributed by atoms with Crippen molar-refractivity contribution in [2.45, 2.75) is 52.0 Å². The minimum atomic E-state index is -0.844. The van der Waals surface area contributed by atoms with E-state index in [0.29, 0.717) is 31.6 Å². The van der Waals surface area contributed by atoms with Gasteiger partial charge in [0.25, 0.3) is 0 Å². The Labute approximate surface area is 222 Å². The van der Waals surface area contributed by atoms with Gasteiger partial charge in [0.05, 0.1) is 15.6 Å². The molecule has 1 aliphatic carbocycles. The van der Waals surface area contributed by atoms with Crippen LogP contribution in [0.3, 0.4) is 0 Å². The van der Waals surface area contributed by atoms with Crippen LogP contribution in [0.2, 0.25) is 0 Å². The normalized spacial score (nSPS) is 14.8. The zero-order valence-corrected chi connectivity index (χ0v) is 22.2. The minimum absolute atomic E-state index is 0.00522. The van der Waals surface area contributed by atoms with Crippen LogP contribution in [0.4, 0.5) is 0 Å². The Hall–Kier alpha value is -3.53. The molecular formula is C27H29BrN6O3. The first-order chi connectivity index (χ1) is 17.9. The van der Waals surface area contributed by atoms with E-state index in [-0.39, 0.29) is 12.5 Å². The Morgan fingerprint density at radius 3 is 2.49 bits per heavy atom. The average molecular weight is 565 g/mol. The van der Waals surface area contributed by atoms with Crippen LogP contribution in [0, 0.1) is 5.41 Å².